The third kappa shape index (κ3) is 0.771. The van der Waals surface area contributed by atoms with Gasteiger partial charge < -0.3 is 15.9 Å². The van der Waals surface area contributed by atoms with Crippen molar-refractivity contribution in [2.24, 2.45) is 17.6 Å². The van der Waals surface area contributed by atoms with Gasteiger partial charge in [0.25, 0.3) is 0 Å². The van der Waals surface area contributed by atoms with Crippen LogP contribution in [0.5, 0.6) is 0 Å². The van der Waals surface area contributed by atoms with E-state index in [-0.39, 0.29) is 12.8 Å². The Morgan fingerprint density at radius 2 is 1.93 bits per heavy atom. The topological polar surface area (TPSA) is 101 Å². The average Bonchev–Trinajstić information content (AvgIpc) is 2.50. The number of fused-ring (bicyclic) bond motifs is 1. The Morgan fingerprint density at radius 3 is 2.29 bits per heavy atom. The molecule has 0 aromatic heterocycles. The minimum absolute atomic E-state index is 0.149. The number of rotatable bonds is 2. The standard InChI is InChI=1S/C8H10FNO4/c9-8(6(13)14)3-1-2-7(10,4(3)8)5(11)12/h3-4H,1-2,10H2,(H,11,12)(H,13,14)/t3?,4?,7?,8-/m0/s1. The van der Waals surface area contributed by atoms with Gasteiger partial charge in [0.05, 0.1) is 0 Å². The van der Waals surface area contributed by atoms with E-state index < -0.39 is 35.0 Å². The monoisotopic (exact) mass is 203 g/mol. The van der Waals surface area contributed by atoms with Gasteiger partial charge in [-0.2, -0.15) is 0 Å². The highest BCUT2D eigenvalue weighted by Crippen LogP contribution is 2.66. The molecular weight excluding hydrogens is 193 g/mol. The van der Waals surface area contributed by atoms with Gasteiger partial charge in [0.1, 0.15) is 5.54 Å². The molecule has 4 N–H and O–H groups in total. The fourth-order valence-corrected chi connectivity index (χ4v) is 2.62. The van der Waals surface area contributed by atoms with E-state index in [4.69, 9.17) is 15.9 Å². The van der Waals surface area contributed by atoms with Crippen LogP contribution in [0.2, 0.25) is 0 Å². The summed E-state index contributed by atoms with van der Waals surface area (Å²) < 4.78 is 13.6. The third-order valence-electron chi connectivity index (χ3n) is 3.44. The number of nitrogens with two attached hydrogens (primary N) is 1. The first kappa shape index (κ1) is 9.39. The zero-order valence-corrected chi connectivity index (χ0v) is 7.24. The van der Waals surface area contributed by atoms with Crippen LogP contribution in [-0.4, -0.2) is 33.4 Å². The van der Waals surface area contributed by atoms with Crippen LogP contribution in [0.15, 0.2) is 0 Å². The SMILES string of the molecule is NC1(C(=O)O)CCC2C1[C@]2(F)C(=O)O. The second-order valence-corrected chi connectivity index (χ2v) is 4.04. The molecule has 0 aliphatic heterocycles. The number of halogens is 1. The molecule has 0 radical (unpaired) electrons. The summed E-state index contributed by atoms with van der Waals surface area (Å²) in [4.78, 5) is 21.4. The zero-order valence-electron chi connectivity index (χ0n) is 7.24. The van der Waals surface area contributed by atoms with Crippen LogP contribution in [-0.2, 0) is 9.59 Å². The van der Waals surface area contributed by atoms with Crippen LogP contribution in [0.3, 0.4) is 0 Å². The molecule has 2 fully saturated rings. The highest BCUT2D eigenvalue weighted by Gasteiger charge is 2.82. The lowest BCUT2D eigenvalue weighted by molar-refractivity contribution is -0.149. The van der Waals surface area contributed by atoms with Gasteiger partial charge in [0.15, 0.2) is 0 Å². The third-order valence-corrected chi connectivity index (χ3v) is 3.44. The molecule has 2 aliphatic carbocycles. The molecule has 3 unspecified atom stereocenters. The summed E-state index contributed by atoms with van der Waals surface area (Å²) in [5.74, 6) is -4.69. The predicted octanol–water partition coefficient (Wildman–Crippen LogP) is -0.399. The number of hydrogen-bond acceptors (Lipinski definition) is 3. The Labute approximate surface area is 78.7 Å². The van der Waals surface area contributed by atoms with E-state index >= 15 is 0 Å². The molecule has 4 atom stereocenters. The highest BCUT2D eigenvalue weighted by atomic mass is 19.1. The fraction of sp³-hybridized carbons (Fsp3) is 0.750. The van der Waals surface area contributed by atoms with Gasteiger partial charge in [-0.25, -0.2) is 9.18 Å². The molecule has 2 aliphatic rings. The molecule has 0 heterocycles. The van der Waals surface area contributed by atoms with Crippen molar-refractivity contribution in [2.75, 3.05) is 0 Å². The molecule has 2 rings (SSSR count). The molecule has 5 nitrogen and oxygen atoms in total. The normalized spacial score (nSPS) is 49.9. The van der Waals surface area contributed by atoms with E-state index in [9.17, 15) is 14.0 Å². The summed E-state index contributed by atoms with van der Waals surface area (Å²) in [5.41, 5.74) is 1.39. The molecule has 0 saturated heterocycles. The molecule has 14 heavy (non-hydrogen) atoms. The predicted molar refractivity (Wildman–Crippen MR) is 42.2 cm³/mol. The molecule has 6 heteroatoms. The summed E-state index contributed by atoms with van der Waals surface area (Å²) in [6.45, 7) is 0. The van der Waals surface area contributed by atoms with Crippen LogP contribution in [0.1, 0.15) is 12.8 Å². The number of carboxylic acid groups (broad SMARTS) is 2. The van der Waals surface area contributed by atoms with E-state index in [1.165, 1.54) is 0 Å². The smallest absolute Gasteiger partial charge is 0.342 e. The average molecular weight is 203 g/mol. The molecule has 2 saturated carbocycles. The zero-order chi connectivity index (χ0) is 10.7. The van der Waals surface area contributed by atoms with Gasteiger partial charge in [-0.05, 0) is 12.8 Å². The summed E-state index contributed by atoms with van der Waals surface area (Å²) in [5, 5.41) is 17.4. The van der Waals surface area contributed by atoms with E-state index in [0.29, 0.717) is 0 Å². The Morgan fingerprint density at radius 1 is 1.36 bits per heavy atom. The second-order valence-electron chi connectivity index (χ2n) is 4.04. The van der Waals surface area contributed by atoms with Gasteiger partial charge in [0, 0.05) is 11.8 Å². The van der Waals surface area contributed by atoms with Crippen molar-refractivity contribution in [2.45, 2.75) is 24.0 Å². The molecule has 0 aromatic carbocycles. The van der Waals surface area contributed by atoms with Crippen LogP contribution >= 0.6 is 0 Å². The first-order chi connectivity index (χ1) is 6.35. The van der Waals surface area contributed by atoms with Gasteiger partial charge in [0.2, 0.25) is 5.67 Å². The fourth-order valence-electron chi connectivity index (χ4n) is 2.62. The maximum absolute atomic E-state index is 13.6. The lowest BCUT2D eigenvalue weighted by Gasteiger charge is -2.22. The van der Waals surface area contributed by atoms with E-state index in [0.717, 1.165) is 0 Å². The molecule has 0 spiro atoms. The number of carboxylic acids is 2. The number of alkyl halides is 1. The van der Waals surface area contributed by atoms with E-state index in [1.807, 2.05) is 0 Å². The lowest BCUT2D eigenvalue weighted by atomic mass is 9.91. The minimum atomic E-state index is -2.41. The maximum atomic E-state index is 13.6. The number of hydrogen-bond donors (Lipinski definition) is 3. The molecule has 0 amide bonds. The number of carbonyl (C=O) groups is 2. The van der Waals surface area contributed by atoms with E-state index in [1.54, 1.807) is 0 Å². The van der Waals surface area contributed by atoms with Crippen LogP contribution in [0, 0.1) is 11.8 Å². The van der Waals surface area contributed by atoms with Crippen LogP contribution < -0.4 is 5.73 Å². The second kappa shape index (κ2) is 2.25. The van der Waals surface area contributed by atoms with Gasteiger partial charge in [-0.15, -0.1) is 0 Å². The van der Waals surface area contributed by atoms with Crippen molar-refractivity contribution in [3.05, 3.63) is 0 Å². The largest absolute Gasteiger partial charge is 0.480 e. The molecule has 0 aromatic rings. The quantitative estimate of drug-likeness (QED) is 0.567. The highest BCUT2D eigenvalue weighted by molar-refractivity contribution is 5.89. The summed E-state index contributed by atoms with van der Waals surface area (Å²) in [6, 6.07) is 0. The van der Waals surface area contributed by atoms with Crippen molar-refractivity contribution in [3.8, 4) is 0 Å². The van der Waals surface area contributed by atoms with Crippen molar-refractivity contribution < 1.29 is 24.2 Å². The minimum Gasteiger partial charge on any atom is -0.480 e. The van der Waals surface area contributed by atoms with Crippen molar-refractivity contribution >= 4 is 11.9 Å². The van der Waals surface area contributed by atoms with Crippen LogP contribution in [0.25, 0.3) is 0 Å². The Hall–Kier alpha value is -1.17. The van der Waals surface area contributed by atoms with Crippen molar-refractivity contribution in [3.63, 3.8) is 0 Å². The molecule has 0 bridgehead atoms. The lowest BCUT2D eigenvalue weighted by Crippen LogP contribution is -2.51. The number of aliphatic carboxylic acids is 2. The molecule has 78 valence electrons. The van der Waals surface area contributed by atoms with E-state index in [2.05, 4.69) is 0 Å². The maximum Gasteiger partial charge on any atom is 0.342 e. The first-order valence-corrected chi connectivity index (χ1v) is 4.29. The first-order valence-electron chi connectivity index (χ1n) is 4.29. The van der Waals surface area contributed by atoms with Gasteiger partial charge >= 0.3 is 11.9 Å². The molecular formula is C8H10FNO4. The van der Waals surface area contributed by atoms with Crippen molar-refractivity contribution in [1.29, 1.82) is 0 Å². The summed E-state index contributed by atoms with van der Waals surface area (Å²) >= 11 is 0. The Bertz CT molecular complexity index is 333. The summed E-state index contributed by atoms with van der Waals surface area (Å²) in [7, 11) is 0. The van der Waals surface area contributed by atoms with Crippen molar-refractivity contribution in [1.82, 2.24) is 0 Å². The van der Waals surface area contributed by atoms with Crippen LogP contribution in [0.4, 0.5) is 4.39 Å². The summed E-state index contributed by atoms with van der Waals surface area (Å²) in [6.07, 6.45) is 0.382. The Balaban J connectivity index is 2.31. The van der Waals surface area contributed by atoms with Gasteiger partial charge in [-0.1, -0.05) is 0 Å². The van der Waals surface area contributed by atoms with Gasteiger partial charge in [-0.3, -0.25) is 4.79 Å². The Kier molecular flexibility index (Phi) is 1.51.